The molecule has 1 N–H and O–H groups in total. The van der Waals surface area contributed by atoms with E-state index in [0.717, 1.165) is 12.1 Å². The van der Waals surface area contributed by atoms with E-state index in [0.29, 0.717) is 18.7 Å². The molecule has 0 radical (unpaired) electrons. The van der Waals surface area contributed by atoms with Gasteiger partial charge in [0.2, 0.25) is 5.91 Å². The number of amides is 2. The fourth-order valence-electron chi connectivity index (χ4n) is 3.26. The first-order chi connectivity index (χ1) is 12.0. The van der Waals surface area contributed by atoms with Gasteiger partial charge in [0.15, 0.2) is 0 Å². The lowest BCUT2D eigenvalue weighted by Crippen LogP contribution is -2.41. The lowest BCUT2D eigenvalue weighted by atomic mass is 9.95. The van der Waals surface area contributed by atoms with E-state index in [2.05, 4.69) is 10.1 Å². The predicted octanol–water partition coefficient (Wildman–Crippen LogP) is 2.82. The number of ether oxygens (including phenoxy) is 1. The Labute approximate surface area is 149 Å². The quantitative estimate of drug-likeness (QED) is 0.890. The number of benzene rings is 1. The first kappa shape index (κ1) is 18.5. The van der Waals surface area contributed by atoms with Crippen molar-refractivity contribution >= 4 is 11.8 Å². The third kappa shape index (κ3) is 3.94. The molecule has 1 aliphatic carbocycles. The number of nitrogens with one attached hydrogen (secondary N) is 1. The van der Waals surface area contributed by atoms with Crippen LogP contribution in [-0.2, 0) is 4.79 Å². The average Bonchev–Trinajstić information content (AvgIpc) is 2.96. The van der Waals surface area contributed by atoms with Crippen molar-refractivity contribution in [1.82, 2.24) is 10.2 Å². The molecule has 5 nitrogen and oxygen atoms in total. The highest BCUT2D eigenvalue weighted by molar-refractivity contribution is 5.94. The second kappa shape index (κ2) is 6.17. The monoisotopic (exact) mass is 370 g/mol. The Balaban J connectivity index is 1.53. The van der Waals surface area contributed by atoms with Crippen LogP contribution in [0.5, 0.6) is 5.75 Å². The summed E-state index contributed by atoms with van der Waals surface area (Å²) in [4.78, 5) is 26.2. The van der Waals surface area contributed by atoms with Crippen molar-refractivity contribution in [2.45, 2.75) is 33.2 Å². The van der Waals surface area contributed by atoms with E-state index >= 15 is 0 Å². The van der Waals surface area contributed by atoms with Gasteiger partial charge in [-0.25, -0.2) is 0 Å². The Morgan fingerprint density at radius 3 is 2.08 bits per heavy atom. The minimum atomic E-state index is -4.76. The van der Waals surface area contributed by atoms with E-state index < -0.39 is 11.8 Å². The van der Waals surface area contributed by atoms with Gasteiger partial charge in [-0.3, -0.25) is 9.59 Å². The first-order valence-corrected chi connectivity index (χ1v) is 8.42. The molecule has 1 aromatic rings. The fraction of sp³-hybridized carbons (Fsp3) is 0.556. The Hall–Kier alpha value is -2.25. The maximum atomic E-state index is 12.5. The van der Waals surface area contributed by atoms with Crippen LogP contribution in [0.1, 0.15) is 31.1 Å². The van der Waals surface area contributed by atoms with Gasteiger partial charge in [-0.1, -0.05) is 20.8 Å². The van der Waals surface area contributed by atoms with E-state index in [-0.39, 0.29) is 35.4 Å². The van der Waals surface area contributed by atoms with Gasteiger partial charge in [0.25, 0.3) is 5.91 Å². The molecule has 26 heavy (non-hydrogen) atoms. The molecule has 1 saturated heterocycles. The molecule has 1 aliphatic heterocycles. The molecule has 1 saturated carbocycles. The third-order valence-corrected chi connectivity index (χ3v) is 4.80. The van der Waals surface area contributed by atoms with Crippen molar-refractivity contribution in [3.8, 4) is 5.75 Å². The van der Waals surface area contributed by atoms with Crippen LogP contribution in [0, 0.1) is 17.3 Å². The van der Waals surface area contributed by atoms with Gasteiger partial charge in [0.05, 0.1) is 0 Å². The molecular formula is C18H21F3N2O3. The number of hydrogen-bond donors (Lipinski definition) is 1. The number of nitrogens with zero attached hydrogens (tertiary/aromatic N) is 1. The number of carbonyl (C=O) groups is 2. The number of hydrogen-bond acceptors (Lipinski definition) is 3. The molecule has 2 fully saturated rings. The molecule has 2 aliphatic rings. The summed E-state index contributed by atoms with van der Waals surface area (Å²) >= 11 is 0. The van der Waals surface area contributed by atoms with Crippen molar-refractivity contribution in [2.24, 2.45) is 17.3 Å². The van der Waals surface area contributed by atoms with E-state index in [9.17, 15) is 22.8 Å². The van der Waals surface area contributed by atoms with Gasteiger partial charge in [-0.2, -0.15) is 0 Å². The Kier molecular flexibility index (Phi) is 4.40. The van der Waals surface area contributed by atoms with E-state index in [1.165, 1.54) is 12.1 Å². The van der Waals surface area contributed by atoms with Crippen molar-refractivity contribution in [3.05, 3.63) is 29.8 Å². The van der Waals surface area contributed by atoms with Gasteiger partial charge in [0, 0.05) is 41.9 Å². The molecule has 1 heterocycles. The van der Waals surface area contributed by atoms with Gasteiger partial charge in [-0.15, -0.1) is 13.2 Å². The predicted molar refractivity (Wildman–Crippen MR) is 87.4 cm³/mol. The van der Waals surface area contributed by atoms with Crippen molar-refractivity contribution in [3.63, 3.8) is 0 Å². The lowest BCUT2D eigenvalue weighted by Gasteiger charge is -2.23. The second-order valence-corrected chi connectivity index (χ2v) is 7.86. The Bertz CT molecular complexity index is 698. The number of piperidine rings is 1. The molecule has 2 amide bonds. The minimum Gasteiger partial charge on any atom is -0.406 e. The van der Waals surface area contributed by atoms with Crippen LogP contribution in [0.15, 0.2) is 24.3 Å². The maximum Gasteiger partial charge on any atom is 0.573 e. The molecule has 3 rings (SSSR count). The Morgan fingerprint density at radius 2 is 1.62 bits per heavy atom. The summed E-state index contributed by atoms with van der Waals surface area (Å²) in [5, 5.41) is 3.02. The molecule has 3 atom stereocenters. The zero-order valence-electron chi connectivity index (χ0n) is 14.8. The summed E-state index contributed by atoms with van der Waals surface area (Å²) in [5.74, 6) is -0.0915. The summed E-state index contributed by atoms with van der Waals surface area (Å²) in [6.07, 6.45) is -4.76. The molecular weight excluding hydrogens is 349 g/mol. The molecule has 1 unspecified atom stereocenters. The molecule has 1 aromatic carbocycles. The van der Waals surface area contributed by atoms with Crippen LogP contribution in [-0.4, -0.2) is 42.2 Å². The standard InChI is InChI=1S/C18H21F3N2O3/c1-17(2,3)16(25)22-14-12-8-23(9-13(12)14)15(24)10-4-6-11(7-5-10)26-18(19,20)21/h4-7,12-14H,8-9H2,1-3H3,(H,22,25)/t12-,13+,14?. The zero-order chi connectivity index (χ0) is 19.3. The van der Waals surface area contributed by atoms with Crippen LogP contribution >= 0.6 is 0 Å². The lowest BCUT2D eigenvalue weighted by molar-refractivity contribution is -0.274. The van der Waals surface area contributed by atoms with Crippen LogP contribution in [0.2, 0.25) is 0 Å². The highest BCUT2D eigenvalue weighted by Gasteiger charge is 2.57. The number of carbonyl (C=O) groups excluding carboxylic acids is 2. The van der Waals surface area contributed by atoms with Crippen LogP contribution < -0.4 is 10.1 Å². The SMILES string of the molecule is CC(C)(C)C(=O)NC1[C@H]2CN(C(=O)c3ccc(OC(F)(F)F)cc3)C[C@@H]12. The van der Waals surface area contributed by atoms with Gasteiger partial charge < -0.3 is 15.0 Å². The van der Waals surface area contributed by atoms with E-state index in [4.69, 9.17) is 0 Å². The number of fused-ring (bicyclic) bond motifs is 1. The largest absolute Gasteiger partial charge is 0.573 e. The highest BCUT2D eigenvalue weighted by atomic mass is 19.4. The zero-order valence-corrected chi connectivity index (χ0v) is 14.8. The molecule has 142 valence electrons. The number of alkyl halides is 3. The average molecular weight is 370 g/mol. The molecule has 8 heteroatoms. The normalized spacial score (nSPS) is 24.8. The topological polar surface area (TPSA) is 58.6 Å². The maximum absolute atomic E-state index is 12.5. The van der Waals surface area contributed by atoms with E-state index in [1.54, 1.807) is 4.90 Å². The number of rotatable bonds is 3. The van der Waals surface area contributed by atoms with Crippen molar-refractivity contribution in [1.29, 1.82) is 0 Å². The van der Waals surface area contributed by atoms with Crippen LogP contribution in [0.3, 0.4) is 0 Å². The van der Waals surface area contributed by atoms with Crippen molar-refractivity contribution < 1.29 is 27.5 Å². The summed E-state index contributed by atoms with van der Waals surface area (Å²) < 4.78 is 40.3. The number of likely N-dealkylation sites (tertiary alicyclic amines) is 1. The summed E-state index contributed by atoms with van der Waals surface area (Å²) in [6.45, 7) is 6.63. The van der Waals surface area contributed by atoms with Gasteiger partial charge in [-0.05, 0) is 24.3 Å². The third-order valence-electron chi connectivity index (χ3n) is 4.80. The smallest absolute Gasteiger partial charge is 0.406 e. The van der Waals surface area contributed by atoms with Gasteiger partial charge in [0.1, 0.15) is 5.75 Å². The minimum absolute atomic E-state index is 0.00460. The highest BCUT2D eigenvalue weighted by Crippen LogP contribution is 2.46. The first-order valence-electron chi connectivity index (χ1n) is 8.42. The molecule has 0 aromatic heterocycles. The molecule has 0 spiro atoms. The summed E-state index contributed by atoms with van der Waals surface area (Å²) in [7, 11) is 0. The summed E-state index contributed by atoms with van der Waals surface area (Å²) in [5.41, 5.74) is -0.136. The van der Waals surface area contributed by atoms with Crippen molar-refractivity contribution in [2.75, 3.05) is 13.1 Å². The van der Waals surface area contributed by atoms with E-state index in [1.807, 2.05) is 20.8 Å². The van der Waals surface area contributed by atoms with Crippen LogP contribution in [0.25, 0.3) is 0 Å². The molecule has 0 bridgehead atoms. The summed E-state index contributed by atoms with van der Waals surface area (Å²) in [6, 6.07) is 5.01. The second-order valence-electron chi connectivity index (χ2n) is 7.86. The fourth-order valence-corrected chi connectivity index (χ4v) is 3.26. The van der Waals surface area contributed by atoms with Crippen LogP contribution in [0.4, 0.5) is 13.2 Å². The number of halogens is 3. The van der Waals surface area contributed by atoms with Gasteiger partial charge >= 0.3 is 6.36 Å². The Morgan fingerprint density at radius 1 is 1.08 bits per heavy atom.